The Kier molecular flexibility index (Phi) is 3.90. The lowest BCUT2D eigenvalue weighted by Gasteiger charge is -2.31. The molecule has 2 unspecified atom stereocenters. The van der Waals surface area contributed by atoms with Crippen molar-refractivity contribution in [3.8, 4) is 0 Å². The summed E-state index contributed by atoms with van der Waals surface area (Å²) in [5.41, 5.74) is 3.54. The molecule has 0 radical (unpaired) electrons. The summed E-state index contributed by atoms with van der Waals surface area (Å²) in [6.07, 6.45) is 5.69. The molecule has 0 aromatic heterocycles. The summed E-state index contributed by atoms with van der Waals surface area (Å²) in [7, 11) is 0. The smallest absolute Gasteiger partial charge is 0.00111 e. The number of hydrogen-bond acceptors (Lipinski definition) is 1. The van der Waals surface area contributed by atoms with Gasteiger partial charge in [0.25, 0.3) is 0 Å². The zero-order valence-electron chi connectivity index (χ0n) is 13.3. The molecular formula is C19H29N. The van der Waals surface area contributed by atoms with Crippen LogP contribution in [0.15, 0.2) is 24.3 Å². The van der Waals surface area contributed by atoms with Crippen LogP contribution in [0.2, 0.25) is 0 Å². The summed E-state index contributed by atoms with van der Waals surface area (Å²) in [5.74, 6) is 2.76. The van der Waals surface area contributed by atoms with Gasteiger partial charge in [-0.3, -0.25) is 0 Å². The van der Waals surface area contributed by atoms with Crippen LogP contribution < -0.4 is 5.32 Å². The van der Waals surface area contributed by atoms with Crippen molar-refractivity contribution < 1.29 is 0 Å². The number of benzene rings is 1. The van der Waals surface area contributed by atoms with Gasteiger partial charge in [-0.15, -0.1) is 0 Å². The van der Waals surface area contributed by atoms with E-state index in [9.17, 15) is 0 Å². The van der Waals surface area contributed by atoms with Crippen LogP contribution >= 0.6 is 0 Å². The molecule has 0 saturated heterocycles. The van der Waals surface area contributed by atoms with Gasteiger partial charge in [0.15, 0.2) is 0 Å². The van der Waals surface area contributed by atoms with Crippen LogP contribution in [0.5, 0.6) is 0 Å². The van der Waals surface area contributed by atoms with Gasteiger partial charge in [0.05, 0.1) is 0 Å². The molecule has 1 heteroatoms. The minimum atomic E-state index is 0.545. The predicted octanol–water partition coefficient (Wildman–Crippen LogP) is 4.38. The number of fused-ring (bicyclic) bond motifs is 1. The first kappa shape index (κ1) is 14.1. The normalized spacial score (nSPS) is 31.6. The Morgan fingerprint density at radius 3 is 2.35 bits per heavy atom. The molecule has 2 atom stereocenters. The molecule has 2 aliphatic rings. The van der Waals surface area contributed by atoms with Gasteiger partial charge in [0.1, 0.15) is 0 Å². The van der Waals surface area contributed by atoms with Gasteiger partial charge >= 0.3 is 0 Å². The quantitative estimate of drug-likeness (QED) is 0.809. The van der Waals surface area contributed by atoms with Crippen LogP contribution in [-0.4, -0.2) is 13.1 Å². The van der Waals surface area contributed by atoms with E-state index in [1.807, 2.05) is 0 Å². The summed E-state index contributed by atoms with van der Waals surface area (Å²) in [4.78, 5) is 0. The van der Waals surface area contributed by atoms with Gasteiger partial charge < -0.3 is 5.32 Å². The lowest BCUT2D eigenvalue weighted by atomic mass is 9.77. The van der Waals surface area contributed by atoms with Crippen LogP contribution in [0.25, 0.3) is 0 Å². The van der Waals surface area contributed by atoms with Crippen LogP contribution in [0.3, 0.4) is 0 Å². The highest BCUT2D eigenvalue weighted by Gasteiger charge is 2.53. The van der Waals surface area contributed by atoms with Crippen LogP contribution in [0, 0.1) is 17.3 Å². The molecule has 1 aromatic rings. The van der Waals surface area contributed by atoms with Crippen molar-refractivity contribution >= 4 is 0 Å². The molecule has 1 N–H and O–H groups in total. The van der Waals surface area contributed by atoms with Crippen molar-refractivity contribution in [3.63, 3.8) is 0 Å². The predicted molar refractivity (Wildman–Crippen MR) is 86.0 cm³/mol. The standard InChI is InChI=1S/C19H29N/c1-4-20-13-19(11-17-9-18(17)12-19)10-15-5-7-16(8-6-15)14(2)3/h5-8,14,17-18,20H,4,9-13H2,1-3H3. The van der Waals surface area contributed by atoms with Gasteiger partial charge in [-0.25, -0.2) is 0 Å². The van der Waals surface area contributed by atoms with Crippen molar-refractivity contribution in [2.75, 3.05) is 13.1 Å². The maximum Gasteiger partial charge on any atom is 0.00111 e. The third kappa shape index (κ3) is 2.93. The second-order valence-electron chi connectivity index (χ2n) is 7.52. The molecule has 2 fully saturated rings. The maximum atomic E-state index is 3.62. The maximum absolute atomic E-state index is 3.62. The Labute approximate surface area is 124 Å². The van der Waals surface area contributed by atoms with Crippen LogP contribution in [0.1, 0.15) is 57.1 Å². The Morgan fingerprint density at radius 1 is 1.15 bits per heavy atom. The Bertz CT molecular complexity index is 435. The fourth-order valence-corrected chi connectivity index (χ4v) is 4.20. The zero-order chi connectivity index (χ0) is 14.2. The SMILES string of the molecule is CCNCC1(Cc2ccc(C(C)C)cc2)CC2CC2C1. The van der Waals surface area contributed by atoms with Gasteiger partial charge in [-0.05, 0) is 66.5 Å². The molecule has 1 nitrogen and oxygen atoms in total. The van der Waals surface area contributed by atoms with Gasteiger partial charge in [-0.1, -0.05) is 45.0 Å². The van der Waals surface area contributed by atoms with Crippen LogP contribution in [-0.2, 0) is 6.42 Å². The van der Waals surface area contributed by atoms with E-state index in [2.05, 4.69) is 50.4 Å². The first-order valence-electron chi connectivity index (χ1n) is 8.41. The summed E-state index contributed by atoms with van der Waals surface area (Å²) < 4.78 is 0. The minimum Gasteiger partial charge on any atom is -0.316 e. The molecule has 0 aliphatic heterocycles. The minimum absolute atomic E-state index is 0.545. The lowest BCUT2D eigenvalue weighted by Crippen LogP contribution is -2.35. The number of rotatable bonds is 6. The summed E-state index contributed by atoms with van der Waals surface area (Å²) in [5, 5.41) is 3.62. The van der Waals surface area contributed by atoms with Gasteiger partial charge in [-0.2, -0.15) is 0 Å². The van der Waals surface area contributed by atoms with E-state index < -0.39 is 0 Å². The first-order valence-corrected chi connectivity index (χ1v) is 8.41. The molecule has 0 heterocycles. The second-order valence-corrected chi connectivity index (χ2v) is 7.52. The third-order valence-electron chi connectivity index (χ3n) is 5.43. The lowest BCUT2D eigenvalue weighted by molar-refractivity contribution is 0.250. The van der Waals surface area contributed by atoms with E-state index in [-0.39, 0.29) is 0 Å². The number of hydrogen-bond donors (Lipinski definition) is 1. The Hall–Kier alpha value is -0.820. The third-order valence-corrected chi connectivity index (χ3v) is 5.43. The van der Waals surface area contributed by atoms with Gasteiger partial charge in [0.2, 0.25) is 0 Å². The highest BCUT2D eigenvalue weighted by atomic mass is 14.9. The Balaban J connectivity index is 1.69. The van der Waals surface area contributed by atoms with Gasteiger partial charge in [0, 0.05) is 6.54 Å². The average molecular weight is 271 g/mol. The highest BCUT2D eigenvalue weighted by molar-refractivity contribution is 5.26. The van der Waals surface area contributed by atoms with E-state index >= 15 is 0 Å². The highest BCUT2D eigenvalue weighted by Crippen LogP contribution is 2.60. The topological polar surface area (TPSA) is 12.0 Å². The molecule has 20 heavy (non-hydrogen) atoms. The summed E-state index contributed by atoms with van der Waals surface area (Å²) >= 11 is 0. The van der Waals surface area contributed by atoms with E-state index in [4.69, 9.17) is 0 Å². The van der Waals surface area contributed by atoms with E-state index in [0.717, 1.165) is 18.4 Å². The van der Waals surface area contributed by atoms with Crippen molar-refractivity contribution in [2.24, 2.45) is 17.3 Å². The van der Waals surface area contributed by atoms with E-state index in [1.165, 1.54) is 43.4 Å². The molecular weight excluding hydrogens is 242 g/mol. The molecule has 110 valence electrons. The fraction of sp³-hybridized carbons (Fsp3) is 0.684. The average Bonchev–Trinajstić information content (AvgIpc) is 3.05. The molecule has 3 rings (SSSR count). The van der Waals surface area contributed by atoms with Crippen molar-refractivity contribution in [3.05, 3.63) is 35.4 Å². The summed E-state index contributed by atoms with van der Waals surface area (Å²) in [6.45, 7) is 9.07. The molecule has 1 aromatic carbocycles. The summed E-state index contributed by atoms with van der Waals surface area (Å²) in [6, 6.07) is 9.40. The molecule has 0 bridgehead atoms. The van der Waals surface area contributed by atoms with Crippen molar-refractivity contribution in [1.82, 2.24) is 5.32 Å². The molecule has 0 spiro atoms. The second kappa shape index (κ2) is 5.52. The monoisotopic (exact) mass is 271 g/mol. The van der Waals surface area contributed by atoms with Crippen molar-refractivity contribution in [2.45, 2.75) is 52.4 Å². The fourth-order valence-electron chi connectivity index (χ4n) is 4.20. The zero-order valence-corrected chi connectivity index (χ0v) is 13.3. The van der Waals surface area contributed by atoms with E-state index in [1.54, 1.807) is 0 Å². The van der Waals surface area contributed by atoms with Crippen molar-refractivity contribution in [1.29, 1.82) is 0 Å². The molecule has 2 saturated carbocycles. The van der Waals surface area contributed by atoms with E-state index in [0.29, 0.717) is 11.3 Å². The van der Waals surface area contributed by atoms with Crippen LogP contribution in [0.4, 0.5) is 0 Å². The molecule has 0 amide bonds. The largest absolute Gasteiger partial charge is 0.316 e. The Morgan fingerprint density at radius 2 is 1.80 bits per heavy atom. The molecule has 2 aliphatic carbocycles. The number of nitrogens with one attached hydrogen (secondary N) is 1. The first-order chi connectivity index (χ1) is 9.62.